The van der Waals surface area contributed by atoms with Crippen LogP contribution in [0.2, 0.25) is 0 Å². The van der Waals surface area contributed by atoms with E-state index in [0.29, 0.717) is 35.4 Å². The lowest BCUT2D eigenvalue weighted by molar-refractivity contribution is 0.0598. The number of ether oxygens (including phenoxy) is 1. The molecule has 2 aromatic heterocycles. The van der Waals surface area contributed by atoms with E-state index in [4.69, 9.17) is 9.15 Å². The van der Waals surface area contributed by atoms with Gasteiger partial charge in [-0.25, -0.2) is 4.79 Å². The van der Waals surface area contributed by atoms with Gasteiger partial charge in [-0.3, -0.25) is 4.79 Å². The Kier molecular flexibility index (Phi) is 3.08. The average molecular weight is 309 g/mol. The fraction of sp³-hybridized carbons (Fsp3) is 0.222. The van der Waals surface area contributed by atoms with Crippen LogP contribution in [0, 0.1) is 0 Å². The second-order valence-corrected chi connectivity index (χ2v) is 5.62. The van der Waals surface area contributed by atoms with Crippen molar-refractivity contribution < 1.29 is 13.9 Å². The first-order chi connectivity index (χ1) is 11.2. The van der Waals surface area contributed by atoms with Gasteiger partial charge in [-0.2, -0.15) is 0 Å². The van der Waals surface area contributed by atoms with Crippen LogP contribution in [0.25, 0.3) is 22.3 Å². The number of benzene rings is 1. The fourth-order valence-corrected chi connectivity index (χ4v) is 3.19. The molecule has 5 nitrogen and oxygen atoms in total. The number of furan rings is 1. The van der Waals surface area contributed by atoms with E-state index >= 15 is 0 Å². The Labute approximate surface area is 132 Å². The van der Waals surface area contributed by atoms with Crippen molar-refractivity contribution in [2.75, 3.05) is 7.11 Å². The summed E-state index contributed by atoms with van der Waals surface area (Å²) in [6, 6.07) is 11.0. The second kappa shape index (κ2) is 5.12. The maximum absolute atomic E-state index is 12.8. The molecule has 5 heteroatoms. The number of carbonyl (C=O) groups excluding carboxylic acids is 1. The molecule has 0 saturated heterocycles. The smallest absolute Gasteiger partial charge is 0.339 e. The molecule has 0 radical (unpaired) electrons. The fourth-order valence-electron chi connectivity index (χ4n) is 3.19. The van der Waals surface area contributed by atoms with Crippen LogP contribution in [-0.4, -0.2) is 17.6 Å². The van der Waals surface area contributed by atoms with Crippen molar-refractivity contribution in [3.63, 3.8) is 0 Å². The molecule has 0 atom stereocenters. The minimum Gasteiger partial charge on any atom is -0.465 e. The number of aromatic nitrogens is 1. The number of hydrogen-bond donors (Lipinski definition) is 0. The lowest BCUT2D eigenvalue weighted by atomic mass is 10.1. The third-order valence-electron chi connectivity index (χ3n) is 4.29. The summed E-state index contributed by atoms with van der Waals surface area (Å²) in [4.78, 5) is 24.8. The molecule has 0 aliphatic carbocycles. The predicted octanol–water partition coefficient (Wildman–Crippen LogP) is 2.99. The molecule has 0 N–H and O–H groups in total. The highest BCUT2D eigenvalue weighted by molar-refractivity contribution is 5.92. The Morgan fingerprint density at radius 3 is 2.87 bits per heavy atom. The topological polar surface area (TPSA) is 61.4 Å². The standard InChI is InChI=1S/C18H15NO4/c1-22-18(21)12-10-13(17(20)19-8-4-6-14(12)19)16-9-11-5-2-3-7-15(11)23-16/h2-3,5,7,9-10H,4,6,8H2,1H3. The largest absolute Gasteiger partial charge is 0.465 e. The van der Waals surface area contributed by atoms with Crippen molar-refractivity contribution in [2.45, 2.75) is 19.4 Å². The Morgan fingerprint density at radius 2 is 2.09 bits per heavy atom. The van der Waals surface area contributed by atoms with Crippen LogP contribution in [0.4, 0.5) is 0 Å². The van der Waals surface area contributed by atoms with Crippen molar-refractivity contribution in [2.24, 2.45) is 0 Å². The number of para-hydroxylation sites is 1. The molecule has 3 aromatic rings. The molecule has 0 fully saturated rings. The monoisotopic (exact) mass is 309 g/mol. The third kappa shape index (κ3) is 2.08. The molecule has 0 amide bonds. The minimum absolute atomic E-state index is 0.121. The SMILES string of the molecule is COC(=O)c1cc(-c2cc3ccccc3o2)c(=O)n2c1CCC2. The molecule has 1 aliphatic heterocycles. The van der Waals surface area contributed by atoms with Crippen molar-refractivity contribution in [1.29, 1.82) is 0 Å². The van der Waals surface area contributed by atoms with Gasteiger partial charge < -0.3 is 13.7 Å². The van der Waals surface area contributed by atoms with Gasteiger partial charge in [0.2, 0.25) is 0 Å². The highest BCUT2D eigenvalue weighted by Gasteiger charge is 2.25. The minimum atomic E-state index is -0.423. The van der Waals surface area contributed by atoms with Crippen molar-refractivity contribution in [1.82, 2.24) is 4.57 Å². The number of rotatable bonds is 2. The van der Waals surface area contributed by atoms with Crippen LogP contribution in [0.5, 0.6) is 0 Å². The van der Waals surface area contributed by atoms with Gasteiger partial charge in [0.15, 0.2) is 0 Å². The van der Waals surface area contributed by atoms with E-state index in [0.717, 1.165) is 17.5 Å². The van der Waals surface area contributed by atoms with Gasteiger partial charge in [0.1, 0.15) is 11.3 Å². The van der Waals surface area contributed by atoms with E-state index < -0.39 is 5.97 Å². The molecule has 0 unspecified atom stereocenters. The molecule has 0 spiro atoms. The lowest BCUT2D eigenvalue weighted by Crippen LogP contribution is -2.24. The third-order valence-corrected chi connectivity index (χ3v) is 4.29. The van der Waals surface area contributed by atoms with Crippen molar-refractivity contribution in [3.05, 3.63) is 58.0 Å². The van der Waals surface area contributed by atoms with Crippen molar-refractivity contribution >= 4 is 16.9 Å². The first kappa shape index (κ1) is 13.8. The number of esters is 1. The number of hydrogen-bond acceptors (Lipinski definition) is 4. The zero-order valence-corrected chi connectivity index (χ0v) is 12.7. The van der Waals surface area contributed by atoms with Crippen LogP contribution in [0.3, 0.4) is 0 Å². The maximum atomic E-state index is 12.8. The normalized spacial score (nSPS) is 13.3. The summed E-state index contributed by atoms with van der Waals surface area (Å²) in [6.07, 6.45) is 1.56. The Hall–Kier alpha value is -2.82. The average Bonchev–Trinajstić information content (AvgIpc) is 3.21. The van der Waals surface area contributed by atoms with Gasteiger partial charge in [0, 0.05) is 17.6 Å². The summed E-state index contributed by atoms with van der Waals surface area (Å²) < 4.78 is 12.3. The van der Waals surface area contributed by atoms with Gasteiger partial charge in [-0.1, -0.05) is 18.2 Å². The molecular weight excluding hydrogens is 294 g/mol. The summed E-state index contributed by atoms with van der Waals surface area (Å²) in [7, 11) is 1.35. The number of pyridine rings is 1. The van der Waals surface area contributed by atoms with Crippen LogP contribution < -0.4 is 5.56 Å². The summed E-state index contributed by atoms with van der Waals surface area (Å²) >= 11 is 0. The Morgan fingerprint density at radius 1 is 1.26 bits per heavy atom. The molecule has 1 aromatic carbocycles. The van der Waals surface area contributed by atoms with Gasteiger partial charge in [-0.05, 0) is 31.0 Å². The quantitative estimate of drug-likeness (QED) is 0.683. The number of fused-ring (bicyclic) bond motifs is 2. The number of carbonyl (C=O) groups is 1. The molecular formula is C18H15NO4. The summed E-state index contributed by atoms with van der Waals surface area (Å²) in [5.41, 5.74) is 2.19. The van der Waals surface area contributed by atoms with Crippen LogP contribution in [0.1, 0.15) is 22.5 Å². The van der Waals surface area contributed by atoms with E-state index in [-0.39, 0.29) is 5.56 Å². The zero-order chi connectivity index (χ0) is 16.0. The van der Waals surface area contributed by atoms with E-state index in [1.165, 1.54) is 7.11 Å². The van der Waals surface area contributed by atoms with Crippen LogP contribution in [-0.2, 0) is 17.7 Å². The molecule has 1 aliphatic rings. The van der Waals surface area contributed by atoms with Gasteiger partial charge in [-0.15, -0.1) is 0 Å². The molecule has 3 heterocycles. The first-order valence-corrected chi connectivity index (χ1v) is 7.53. The Bertz CT molecular complexity index is 947. The molecule has 0 bridgehead atoms. The predicted molar refractivity (Wildman–Crippen MR) is 85.6 cm³/mol. The lowest BCUT2D eigenvalue weighted by Gasteiger charge is -2.10. The van der Waals surface area contributed by atoms with E-state index in [1.807, 2.05) is 30.3 Å². The molecule has 116 valence electrons. The first-order valence-electron chi connectivity index (χ1n) is 7.53. The number of methoxy groups -OCH3 is 1. The Balaban J connectivity index is 1.98. The highest BCUT2D eigenvalue weighted by Crippen LogP contribution is 2.28. The van der Waals surface area contributed by atoms with Crippen LogP contribution >= 0.6 is 0 Å². The van der Waals surface area contributed by atoms with Gasteiger partial charge in [0.05, 0.1) is 18.2 Å². The van der Waals surface area contributed by atoms with E-state index in [9.17, 15) is 9.59 Å². The number of nitrogens with zero attached hydrogens (tertiary/aromatic N) is 1. The maximum Gasteiger partial charge on any atom is 0.339 e. The second-order valence-electron chi connectivity index (χ2n) is 5.62. The molecule has 4 rings (SSSR count). The van der Waals surface area contributed by atoms with Gasteiger partial charge >= 0.3 is 5.97 Å². The summed E-state index contributed by atoms with van der Waals surface area (Å²) in [5, 5.41) is 0.923. The summed E-state index contributed by atoms with van der Waals surface area (Å²) in [5.74, 6) is 0.0524. The van der Waals surface area contributed by atoms with Crippen molar-refractivity contribution in [3.8, 4) is 11.3 Å². The van der Waals surface area contributed by atoms with Gasteiger partial charge in [0.25, 0.3) is 5.56 Å². The molecule has 23 heavy (non-hydrogen) atoms. The molecule has 0 saturated carbocycles. The highest BCUT2D eigenvalue weighted by atomic mass is 16.5. The summed E-state index contributed by atoms with van der Waals surface area (Å²) in [6.45, 7) is 0.617. The zero-order valence-electron chi connectivity index (χ0n) is 12.7. The van der Waals surface area contributed by atoms with E-state index in [1.54, 1.807) is 10.6 Å². The van der Waals surface area contributed by atoms with E-state index in [2.05, 4.69) is 0 Å². The van der Waals surface area contributed by atoms with Crippen LogP contribution in [0.15, 0.2) is 45.6 Å².